The normalized spacial score (nSPS) is 15.8. The summed E-state index contributed by atoms with van der Waals surface area (Å²) < 4.78 is 28.2. The molecule has 1 aromatic carbocycles. The maximum Gasteiger partial charge on any atom is 0.387 e. The second-order valence-electron chi connectivity index (χ2n) is 4.95. The summed E-state index contributed by atoms with van der Waals surface area (Å²) in [5.74, 6) is 0.517. The Morgan fingerprint density at radius 1 is 1.38 bits per heavy atom. The lowest BCUT2D eigenvalue weighted by molar-refractivity contribution is -0.126. The van der Waals surface area contributed by atoms with Gasteiger partial charge < -0.3 is 15.4 Å². The highest BCUT2D eigenvalue weighted by atomic mass is 35.5. The Bertz CT molecular complexity index is 453. The van der Waals surface area contributed by atoms with E-state index in [1.54, 1.807) is 12.1 Å². The van der Waals surface area contributed by atoms with Crippen LogP contribution in [0.4, 0.5) is 8.78 Å². The van der Waals surface area contributed by atoms with Gasteiger partial charge in [0.1, 0.15) is 5.75 Å². The smallest absolute Gasteiger partial charge is 0.387 e. The van der Waals surface area contributed by atoms with Crippen molar-refractivity contribution in [3.63, 3.8) is 0 Å². The van der Waals surface area contributed by atoms with Gasteiger partial charge in [0.05, 0.1) is 0 Å². The lowest BCUT2D eigenvalue weighted by atomic mass is 9.88. The number of hydrogen-bond donors (Lipinski definition) is 2. The summed E-state index contributed by atoms with van der Waals surface area (Å²) in [5, 5.41) is 5.99. The monoisotopic (exact) mass is 320 g/mol. The molecule has 7 heteroatoms. The Labute approximate surface area is 128 Å². The quantitative estimate of drug-likeness (QED) is 0.844. The lowest BCUT2D eigenvalue weighted by Gasteiger charge is -2.31. The van der Waals surface area contributed by atoms with Gasteiger partial charge in [0.15, 0.2) is 0 Å². The summed E-state index contributed by atoms with van der Waals surface area (Å²) >= 11 is 0. The number of carbonyl (C=O) groups excluding carboxylic acids is 1. The highest BCUT2D eigenvalue weighted by Crippen LogP contribution is 2.17. The van der Waals surface area contributed by atoms with Crippen molar-refractivity contribution in [3.8, 4) is 5.75 Å². The molecule has 0 aliphatic carbocycles. The van der Waals surface area contributed by atoms with Crippen LogP contribution in [0.3, 0.4) is 0 Å². The summed E-state index contributed by atoms with van der Waals surface area (Å²) in [6, 6.07) is 6.25. The predicted octanol–water partition coefficient (Wildman–Crippen LogP) is 2.18. The van der Waals surface area contributed by atoms with Gasteiger partial charge in [-0.05, 0) is 36.7 Å². The van der Waals surface area contributed by atoms with Crippen molar-refractivity contribution >= 4 is 18.3 Å². The molecular weight excluding hydrogens is 302 g/mol. The number of carbonyl (C=O) groups is 1. The Balaban J connectivity index is 0.00000220. The second kappa shape index (κ2) is 8.14. The third-order valence-corrected chi connectivity index (χ3v) is 3.55. The van der Waals surface area contributed by atoms with Gasteiger partial charge in [0.2, 0.25) is 5.91 Å². The standard InChI is InChI=1S/C14H18F2N2O2.ClH/c1-9(11-7-17-8-11)13(19)18-6-10-2-4-12(5-3-10)20-14(15)16;/h2-5,9,11,14,17H,6-8H2,1H3,(H,18,19);1H. The van der Waals surface area contributed by atoms with E-state index in [2.05, 4.69) is 15.4 Å². The summed E-state index contributed by atoms with van der Waals surface area (Å²) in [5.41, 5.74) is 0.846. The first-order valence-corrected chi connectivity index (χ1v) is 6.58. The largest absolute Gasteiger partial charge is 0.435 e. The minimum atomic E-state index is -2.82. The molecule has 118 valence electrons. The molecule has 0 radical (unpaired) electrons. The Hall–Kier alpha value is -1.40. The molecular formula is C14H19ClF2N2O2. The maximum absolute atomic E-state index is 12.0. The lowest BCUT2D eigenvalue weighted by Crippen LogP contribution is -2.49. The fourth-order valence-corrected chi connectivity index (χ4v) is 2.02. The van der Waals surface area contributed by atoms with Crippen LogP contribution in [0, 0.1) is 11.8 Å². The molecule has 1 aliphatic heterocycles. The molecule has 0 bridgehead atoms. The van der Waals surface area contributed by atoms with Crippen LogP contribution in [0.2, 0.25) is 0 Å². The SMILES string of the molecule is CC(C(=O)NCc1ccc(OC(F)F)cc1)C1CNC1.Cl. The van der Waals surface area contributed by atoms with Crippen molar-refractivity contribution in [3.05, 3.63) is 29.8 Å². The zero-order valence-electron chi connectivity index (χ0n) is 11.6. The number of nitrogens with one attached hydrogen (secondary N) is 2. The molecule has 0 saturated carbocycles. The number of halogens is 3. The van der Waals surface area contributed by atoms with Gasteiger partial charge in [-0.15, -0.1) is 12.4 Å². The number of amides is 1. The predicted molar refractivity (Wildman–Crippen MR) is 77.7 cm³/mol. The first-order chi connectivity index (χ1) is 9.56. The van der Waals surface area contributed by atoms with Crippen LogP contribution >= 0.6 is 12.4 Å². The van der Waals surface area contributed by atoms with E-state index in [9.17, 15) is 13.6 Å². The first-order valence-electron chi connectivity index (χ1n) is 6.58. The zero-order chi connectivity index (χ0) is 14.5. The van der Waals surface area contributed by atoms with E-state index < -0.39 is 6.61 Å². The number of rotatable bonds is 6. The second-order valence-corrected chi connectivity index (χ2v) is 4.95. The topological polar surface area (TPSA) is 50.4 Å². The minimum absolute atomic E-state index is 0. The van der Waals surface area contributed by atoms with Gasteiger partial charge in [0, 0.05) is 12.5 Å². The molecule has 0 aromatic heterocycles. The van der Waals surface area contributed by atoms with Crippen LogP contribution in [0.5, 0.6) is 5.75 Å². The molecule has 1 heterocycles. The van der Waals surface area contributed by atoms with Crippen LogP contribution in [-0.4, -0.2) is 25.6 Å². The van der Waals surface area contributed by atoms with Crippen LogP contribution in [0.25, 0.3) is 0 Å². The van der Waals surface area contributed by atoms with E-state index in [0.717, 1.165) is 18.7 Å². The number of alkyl halides is 2. The fraction of sp³-hybridized carbons (Fsp3) is 0.500. The van der Waals surface area contributed by atoms with E-state index in [-0.39, 0.29) is 30.0 Å². The third kappa shape index (κ3) is 5.13. The summed E-state index contributed by atoms with van der Waals surface area (Å²) in [4.78, 5) is 11.9. The average molecular weight is 321 g/mol. The maximum atomic E-state index is 12.0. The molecule has 21 heavy (non-hydrogen) atoms. The van der Waals surface area contributed by atoms with Crippen LogP contribution in [0.1, 0.15) is 12.5 Å². The van der Waals surface area contributed by atoms with E-state index in [0.29, 0.717) is 12.5 Å². The first kappa shape index (κ1) is 17.7. The molecule has 1 amide bonds. The van der Waals surface area contributed by atoms with Gasteiger partial charge in [0.25, 0.3) is 0 Å². The van der Waals surface area contributed by atoms with Crippen LogP contribution in [0.15, 0.2) is 24.3 Å². The highest BCUT2D eigenvalue weighted by Gasteiger charge is 2.28. The molecule has 2 N–H and O–H groups in total. The molecule has 1 aromatic rings. The third-order valence-electron chi connectivity index (χ3n) is 3.55. The van der Waals surface area contributed by atoms with Gasteiger partial charge in [-0.2, -0.15) is 8.78 Å². The molecule has 1 unspecified atom stereocenters. The van der Waals surface area contributed by atoms with E-state index in [4.69, 9.17) is 0 Å². The summed E-state index contributed by atoms with van der Waals surface area (Å²) in [6.07, 6.45) is 0. The fourth-order valence-electron chi connectivity index (χ4n) is 2.02. The van der Waals surface area contributed by atoms with Crippen molar-refractivity contribution in [1.29, 1.82) is 0 Å². The Morgan fingerprint density at radius 3 is 2.48 bits per heavy atom. The van der Waals surface area contributed by atoms with Gasteiger partial charge in [-0.25, -0.2) is 0 Å². The summed E-state index contributed by atoms with van der Waals surface area (Å²) in [7, 11) is 0. The molecule has 1 fully saturated rings. The van der Waals surface area contributed by atoms with Gasteiger partial charge in [-0.3, -0.25) is 4.79 Å². The van der Waals surface area contributed by atoms with Crippen molar-refractivity contribution in [2.45, 2.75) is 20.1 Å². The number of hydrogen-bond acceptors (Lipinski definition) is 3. The molecule has 0 spiro atoms. The molecule has 2 rings (SSSR count). The average Bonchev–Trinajstić information content (AvgIpc) is 2.34. The van der Waals surface area contributed by atoms with Crippen molar-refractivity contribution < 1.29 is 18.3 Å². The van der Waals surface area contributed by atoms with Crippen LogP contribution < -0.4 is 15.4 Å². The Morgan fingerprint density at radius 2 is 2.00 bits per heavy atom. The van der Waals surface area contributed by atoms with E-state index >= 15 is 0 Å². The van der Waals surface area contributed by atoms with Crippen molar-refractivity contribution in [1.82, 2.24) is 10.6 Å². The van der Waals surface area contributed by atoms with Crippen LogP contribution in [-0.2, 0) is 11.3 Å². The molecule has 1 saturated heterocycles. The minimum Gasteiger partial charge on any atom is -0.435 e. The molecule has 4 nitrogen and oxygen atoms in total. The summed E-state index contributed by atoms with van der Waals surface area (Å²) in [6.45, 7) is 1.25. The highest BCUT2D eigenvalue weighted by molar-refractivity contribution is 5.85. The zero-order valence-corrected chi connectivity index (χ0v) is 12.5. The van der Waals surface area contributed by atoms with E-state index in [1.807, 2.05) is 6.92 Å². The van der Waals surface area contributed by atoms with E-state index in [1.165, 1.54) is 12.1 Å². The van der Waals surface area contributed by atoms with Crippen molar-refractivity contribution in [2.75, 3.05) is 13.1 Å². The number of ether oxygens (including phenoxy) is 1. The molecule has 1 aliphatic rings. The Kier molecular flexibility index (Phi) is 6.84. The number of benzene rings is 1. The van der Waals surface area contributed by atoms with Gasteiger partial charge >= 0.3 is 6.61 Å². The van der Waals surface area contributed by atoms with Crippen molar-refractivity contribution in [2.24, 2.45) is 11.8 Å². The molecule has 1 atom stereocenters. The van der Waals surface area contributed by atoms with Gasteiger partial charge in [-0.1, -0.05) is 19.1 Å².